The number of carbonyl (C=O) groups is 1. The van der Waals surface area contributed by atoms with E-state index in [0.29, 0.717) is 22.7 Å². The van der Waals surface area contributed by atoms with Gasteiger partial charge in [0.15, 0.2) is 17.1 Å². The van der Waals surface area contributed by atoms with E-state index in [2.05, 4.69) is 15.3 Å². The summed E-state index contributed by atoms with van der Waals surface area (Å²) in [5, 5.41) is 12.8. The third-order valence-electron chi connectivity index (χ3n) is 4.32. The molecule has 2 N–H and O–H groups in total. The molecule has 0 aliphatic rings. The van der Waals surface area contributed by atoms with Gasteiger partial charge in [0.2, 0.25) is 11.6 Å². The van der Waals surface area contributed by atoms with Crippen molar-refractivity contribution in [3.05, 3.63) is 60.4 Å². The molecule has 1 amide bonds. The number of phenolic OH excluding ortho intramolecular Hbond substituents is 1. The topological polar surface area (TPSA) is 107 Å². The highest BCUT2D eigenvalue weighted by molar-refractivity contribution is 6.05. The number of pyridine rings is 1. The number of benzene rings is 2. The summed E-state index contributed by atoms with van der Waals surface area (Å²) in [6.07, 6.45) is 3.28. The Kier molecular flexibility index (Phi) is 6.71. The molecule has 2 aromatic heterocycles. The molecule has 4 rings (SSSR count). The number of nitrogens with one attached hydrogen (secondary N) is 1. The van der Waals surface area contributed by atoms with Gasteiger partial charge in [-0.25, -0.2) is 4.98 Å². The second-order valence-electron chi connectivity index (χ2n) is 6.12. The minimum atomic E-state index is -0.373. The van der Waals surface area contributed by atoms with Gasteiger partial charge in [-0.2, -0.15) is 0 Å². The van der Waals surface area contributed by atoms with Gasteiger partial charge in [0, 0.05) is 29.1 Å². The Labute approximate surface area is 179 Å². The van der Waals surface area contributed by atoms with Gasteiger partial charge in [-0.15, -0.1) is 0 Å². The second kappa shape index (κ2) is 9.62. The number of anilines is 1. The first kappa shape index (κ1) is 21.6. The maximum Gasteiger partial charge on any atom is 0.255 e. The van der Waals surface area contributed by atoms with Gasteiger partial charge in [-0.05, 0) is 36.4 Å². The van der Waals surface area contributed by atoms with Crippen molar-refractivity contribution in [3.63, 3.8) is 0 Å². The fourth-order valence-electron chi connectivity index (χ4n) is 2.83. The number of nitrogens with zero attached hydrogens (tertiary/aromatic N) is 2. The van der Waals surface area contributed by atoms with E-state index in [1.54, 1.807) is 42.7 Å². The molecule has 8 heteroatoms. The third kappa shape index (κ3) is 4.58. The molecule has 0 fully saturated rings. The van der Waals surface area contributed by atoms with Gasteiger partial charge in [0.1, 0.15) is 5.52 Å². The van der Waals surface area contributed by atoms with Crippen molar-refractivity contribution in [2.75, 3.05) is 19.5 Å². The molecule has 0 atom stereocenters. The molecular formula is C23H23N3O5. The van der Waals surface area contributed by atoms with Crippen molar-refractivity contribution in [1.29, 1.82) is 0 Å². The zero-order valence-electron chi connectivity index (χ0n) is 17.7. The van der Waals surface area contributed by atoms with Gasteiger partial charge in [0.25, 0.3) is 5.91 Å². The summed E-state index contributed by atoms with van der Waals surface area (Å²) >= 11 is 0. The molecule has 160 valence electrons. The first-order chi connectivity index (χ1) is 15.1. The van der Waals surface area contributed by atoms with Crippen LogP contribution in [0.15, 0.2) is 59.3 Å². The van der Waals surface area contributed by atoms with Crippen molar-refractivity contribution < 1.29 is 23.8 Å². The number of aromatic hydroxyl groups is 1. The highest BCUT2D eigenvalue weighted by atomic mass is 16.5. The number of rotatable bonds is 5. The van der Waals surface area contributed by atoms with E-state index >= 15 is 0 Å². The largest absolute Gasteiger partial charge is 0.502 e. The van der Waals surface area contributed by atoms with Crippen LogP contribution in [0.4, 0.5) is 5.69 Å². The predicted molar refractivity (Wildman–Crippen MR) is 118 cm³/mol. The first-order valence-electron chi connectivity index (χ1n) is 9.66. The van der Waals surface area contributed by atoms with E-state index in [4.69, 9.17) is 13.9 Å². The molecule has 2 aromatic carbocycles. The van der Waals surface area contributed by atoms with Crippen LogP contribution in [0.3, 0.4) is 0 Å². The number of methoxy groups -OCH3 is 2. The lowest BCUT2D eigenvalue weighted by atomic mass is 10.1. The van der Waals surface area contributed by atoms with Crippen LogP contribution in [0.25, 0.3) is 22.6 Å². The van der Waals surface area contributed by atoms with Crippen LogP contribution in [0, 0.1) is 0 Å². The Balaban J connectivity index is 0.00000132. The van der Waals surface area contributed by atoms with Crippen LogP contribution in [0.1, 0.15) is 24.2 Å². The van der Waals surface area contributed by atoms with E-state index in [1.165, 1.54) is 26.4 Å². The molecular weight excluding hydrogens is 398 g/mol. The Morgan fingerprint density at radius 3 is 2.26 bits per heavy atom. The molecule has 4 aromatic rings. The second-order valence-corrected chi connectivity index (χ2v) is 6.12. The number of oxazole rings is 1. The fourth-order valence-corrected chi connectivity index (χ4v) is 2.83. The molecule has 0 bridgehead atoms. The zero-order chi connectivity index (χ0) is 22.4. The summed E-state index contributed by atoms with van der Waals surface area (Å²) in [6, 6.07) is 11.7. The van der Waals surface area contributed by atoms with E-state index in [9.17, 15) is 9.90 Å². The van der Waals surface area contributed by atoms with Crippen molar-refractivity contribution >= 4 is 22.7 Å². The van der Waals surface area contributed by atoms with Gasteiger partial charge in [-0.1, -0.05) is 13.8 Å². The van der Waals surface area contributed by atoms with E-state index in [1.807, 2.05) is 13.8 Å². The van der Waals surface area contributed by atoms with E-state index in [0.717, 1.165) is 5.56 Å². The molecule has 0 saturated carbocycles. The van der Waals surface area contributed by atoms with Crippen LogP contribution in [-0.2, 0) is 0 Å². The summed E-state index contributed by atoms with van der Waals surface area (Å²) in [5.74, 6) is 0.233. The summed E-state index contributed by atoms with van der Waals surface area (Å²) in [7, 11) is 2.80. The maximum absolute atomic E-state index is 12.6. The molecule has 8 nitrogen and oxygen atoms in total. The van der Waals surface area contributed by atoms with Gasteiger partial charge in [0.05, 0.1) is 20.4 Å². The lowest BCUT2D eigenvalue weighted by Crippen LogP contribution is -2.12. The minimum absolute atomic E-state index is 0.148. The van der Waals surface area contributed by atoms with Crippen LogP contribution in [-0.4, -0.2) is 35.2 Å². The number of hydrogen-bond donors (Lipinski definition) is 2. The SMILES string of the molecule is CC.COc1cc(C(=O)Nc2ccc(-c3nc4cnccc4o3)cc2)cc(OC)c1O. The lowest BCUT2D eigenvalue weighted by Gasteiger charge is -2.11. The summed E-state index contributed by atoms with van der Waals surface area (Å²) < 4.78 is 15.9. The average Bonchev–Trinajstić information content (AvgIpc) is 3.25. The quantitative estimate of drug-likeness (QED) is 0.472. The van der Waals surface area contributed by atoms with Crippen LogP contribution in [0.5, 0.6) is 17.2 Å². The molecule has 31 heavy (non-hydrogen) atoms. The zero-order valence-corrected chi connectivity index (χ0v) is 17.7. The number of ether oxygens (including phenoxy) is 2. The number of fused-ring (bicyclic) bond motifs is 1. The molecule has 0 saturated heterocycles. The van der Waals surface area contributed by atoms with Crippen LogP contribution < -0.4 is 14.8 Å². The Bertz CT molecular complexity index is 1130. The van der Waals surface area contributed by atoms with Crippen molar-refractivity contribution in [1.82, 2.24) is 9.97 Å². The molecule has 0 spiro atoms. The standard InChI is InChI=1S/C21H17N3O5.C2H6/c1-27-17-9-13(10-18(28-2)19(17)25)20(26)23-14-5-3-12(4-6-14)21-24-15-11-22-8-7-16(15)29-21;1-2/h3-11,25H,1-2H3,(H,23,26);1-2H3. The number of amides is 1. The summed E-state index contributed by atoms with van der Waals surface area (Å²) in [6.45, 7) is 4.00. The smallest absolute Gasteiger partial charge is 0.255 e. The van der Waals surface area contributed by atoms with E-state index in [-0.39, 0.29) is 28.7 Å². The van der Waals surface area contributed by atoms with Crippen molar-refractivity contribution in [3.8, 4) is 28.7 Å². The van der Waals surface area contributed by atoms with Crippen molar-refractivity contribution in [2.24, 2.45) is 0 Å². The maximum atomic E-state index is 12.6. The Morgan fingerprint density at radius 2 is 1.68 bits per heavy atom. The Morgan fingerprint density at radius 1 is 1.03 bits per heavy atom. The number of carbonyl (C=O) groups excluding carboxylic acids is 1. The first-order valence-corrected chi connectivity index (χ1v) is 9.66. The molecule has 0 unspecified atom stereocenters. The fraction of sp³-hybridized carbons (Fsp3) is 0.174. The average molecular weight is 421 g/mol. The predicted octanol–water partition coefficient (Wildman–Crippen LogP) is 4.89. The highest BCUT2D eigenvalue weighted by Gasteiger charge is 2.16. The highest BCUT2D eigenvalue weighted by Crippen LogP contribution is 2.37. The molecule has 2 heterocycles. The van der Waals surface area contributed by atoms with Crippen LogP contribution in [0.2, 0.25) is 0 Å². The van der Waals surface area contributed by atoms with Gasteiger partial charge >= 0.3 is 0 Å². The normalized spacial score (nSPS) is 10.2. The molecule has 0 aliphatic carbocycles. The minimum Gasteiger partial charge on any atom is -0.502 e. The number of hydrogen-bond acceptors (Lipinski definition) is 7. The van der Waals surface area contributed by atoms with Gasteiger partial charge in [-0.3, -0.25) is 9.78 Å². The third-order valence-corrected chi connectivity index (χ3v) is 4.32. The summed E-state index contributed by atoms with van der Waals surface area (Å²) in [4.78, 5) is 21.0. The lowest BCUT2D eigenvalue weighted by molar-refractivity contribution is 0.102. The van der Waals surface area contributed by atoms with E-state index < -0.39 is 0 Å². The monoisotopic (exact) mass is 421 g/mol. The van der Waals surface area contributed by atoms with Crippen molar-refractivity contribution in [2.45, 2.75) is 13.8 Å². The number of aromatic nitrogens is 2. The van der Waals surface area contributed by atoms with Crippen LogP contribution >= 0.6 is 0 Å². The number of phenols is 1. The Hall–Kier alpha value is -4.07. The molecule has 0 aliphatic heterocycles. The molecule has 0 radical (unpaired) electrons. The summed E-state index contributed by atoms with van der Waals surface area (Å²) in [5.41, 5.74) is 2.97. The van der Waals surface area contributed by atoms with Gasteiger partial charge < -0.3 is 24.3 Å².